The van der Waals surface area contributed by atoms with Gasteiger partial charge in [-0.2, -0.15) is 5.26 Å². The number of para-hydroxylation sites is 2. The predicted octanol–water partition coefficient (Wildman–Crippen LogP) is 6.14. The van der Waals surface area contributed by atoms with Crippen molar-refractivity contribution in [1.82, 2.24) is 0 Å². The third-order valence-corrected chi connectivity index (χ3v) is 5.56. The van der Waals surface area contributed by atoms with Crippen molar-refractivity contribution in [3.8, 4) is 17.6 Å². The Balaban J connectivity index is 1.85. The van der Waals surface area contributed by atoms with Crippen molar-refractivity contribution >= 4 is 50.9 Å². The molecule has 34 heavy (non-hydrogen) atoms. The lowest BCUT2D eigenvalue weighted by Gasteiger charge is -2.14. The molecule has 0 aliphatic rings. The van der Waals surface area contributed by atoms with Gasteiger partial charge in [-0.3, -0.25) is 14.9 Å². The average molecular weight is 543 g/mol. The van der Waals surface area contributed by atoms with E-state index in [9.17, 15) is 20.2 Å². The standard InChI is InChI=1S/C24H17BrClN3O5/c1-33-22-12-15(11-18(25)23(22)34-14-16-6-2-3-7-19(16)26)10-17(13-27)24(30)28-20-8-4-5-9-21(20)29(31)32/h2-12H,14H2,1H3,(H,28,30)/b17-10+. The number of nitro groups is 1. The Labute approximate surface area is 208 Å². The number of hydrogen-bond donors (Lipinski definition) is 1. The second-order valence-electron chi connectivity index (χ2n) is 6.81. The SMILES string of the molecule is COc1cc(/C=C(\C#N)C(=O)Nc2ccccc2[N+](=O)[O-])cc(Br)c1OCc1ccccc1Cl. The molecule has 0 aromatic heterocycles. The summed E-state index contributed by atoms with van der Waals surface area (Å²) >= 11 is 9.61. The molecule has 0 saturated carbocycles. The summed E-state index contributed by atoms with van der Waals surface area (Å²) in [7, 11) is 1.46. The Hall–Kier alpha value is -3.87. The molecule has 3 aromatic rings. The van der Waals surface area contributed by atoms with Crippen LogP contribution in [0, 0.1) is 21.4 Å². The minimum absolute atomic E-state index is 0.0132. The zero-order chi connectivity index (χ0) is 24.7. The lowest BCUT2D eigenvalue weighted by Crippen LogP contribution is -2.14. The normalized spacial score (nSPS) is 10.8. The highest BCUT2D eigenvalue weighted by molar-refractivity contribution is 9.10. The molecule has 0 saturated heterocycles. The van der Waals surface area contributed by atoms with E-state index in [1.807, 2.05) is 24.3 Å². The number of hydrogen-bond acceptors (Lipinski definition) is 6. The van der Waals surface area contributed by atoms with E-state index >= 15 is 0 Å². The second kappa shape index (κ2) is 11.3. The quantitative estimate of drug-likeness (QED) is 0.158. The molecule has 0 spiro atoms. The number of amides is 1. The van der Waals surface area contributed by atoms with E-state index in [-0.39, 0.29) is 23.6 Å². The number of anilines is 1. The van der Waals surface area contributed by atoms with Gasteiger partial charge in [0.05, 0.1) is 16.5 Å². The van der Waals surface area contributed by atoms with Gasteiger partial charge in [-0.1, -0.05) is 41.9 Å². The van der Waals surface area contributed by atoms with Crippen molar-refractivity contribution in [3.05, 3.63) is 97.0 Å². The first-order chi connectivity index (χ1) is 16.3. The second-order valence-corrected chi connectivity index (χ2v) is 8.07. The summed E-state index contributed by atoms with van der Waals surface area (Å²) in [6.45, 7) is 0.200. The molecule has 8 nitrogen and oxygen atoms in total. The number of nitrogens with one attached hydrogen (secondary N) is 1. The molecule has 0 unspecified atom stereocenters. The number of nitriles is 1. The topological polar surface area (TPSA) is 114 Å². The Morgan fingerprint density at radius 1 is 1.24 bits per heavy atom. The number of methoxy groups -OCH3 is 1. The van der Waals surface area contributed by atoms with Crippen LogP contribution in [0.3, 0.4) is 0 Å². The first kappa shape index (κ1) is 24.8. The van der Waals surface area contributed by atoms with E-state index < -0.39 is 10.8 Å². The molecule has 0 bridgehead atoms. The molecular formula is C24H17BrClN3O5. The number of rotatable bonds is 8. The van der Waals surface area contributed by atoms with Crippen molar-refractivity contribution < 1.29 is 19.2 Å². The largest absolute Gasteiger partial charge is 0.493 e. The maximum Gasteiger partial charge on any atom is 0.292 e. The van der Waals surface area contributed by atoms with E-state index in [0.717, 1.165) is 5.56 Å². The highest BCUT2D eigenvalue weighted by Crippen LogP contribution is 2.38. The zero-order valence-corrected chi connectivity index (χ0v) is 20.1. The molecule has 1 N–H and O–H groups in total. The van der Waals surface area contributed by atoms with Crippen LogP contribution in [0.4, 0.5) is 11.4 Å². The summed E-state index contributed by atoms with van der Waals surface area (Å²) in [5.74, 6) is -0.00236. The third-order valence-electron chi connectivity index (χ3n) is 4.61. The Kier molecular flexibility index (Phi) is 8.24. The molecule has 0 heterocycles. The molecule has 0 radical (unpaired) electrons. The first-order valence-electron chi connectivity index (χ1n) is 9.74. The van der Waals surface area contributed by atoms with Gasteiger partial charge in [-0.15, -0.1) is 0 Å². The average Bonchev–Trinajstić information content (AvgIpc) is 2.82. The van der Waals surface area contributed by atoms with Crippen LogP contribution < -0.4 is 14.8 Å². The van der Waals surface area contributed by atoms with E-state index in [2.05, 4.69) is 21.2 Å². The summed E-state index contributed by atoms with van der Waals surface area (Å²) < 4.78 is 11.8. The zero-order valence-electron chi connectivity index (χ0n) is 17.7. The monoisotopic (exact) mass is 541 g/mol. The van der Waals surface area contributed by atoms with Crippen molar-refractivity contribution in [2.45, 2.75) is 6.61 Å². The van der Waals surface area contributed by atoms with Gasteiger partial charge in [-0.05, 0) is 51.8 Å². The van der Waals surface area contributed by atoms with Crippen molar-refractivity contribution in [1.29, 1.82) is 5.26 Å². The minimum atomic E-state index is -0.786. The molecule has 0 aliphatic carbocycles. The highest BCUT2D eigenvalue weighted by Gasteiger charge is 2.18. The van der Waals surface area contributed by atoms with Gasteiger partial charge in [0, 0.05) is 16.7 Å². The molecule has 10 heteroatoms. The summed E-state index contributed by atoms with van der Waals surface area (Å²) in [4.78, 5) is 23.2. The Bertz CT molecular complexity index is 1320. The lowest BCUT2D eigenvalue weighted by atomic mass is 10.1. The number of ether oxygens (including phenoxy) is 2. The van der Waals surface area contributed by atoms with E-state index in [1.54, 1.807) is 24.3 Å². The van der Waals surface area contributed by atoms with E-state index in [1.165, 1.54) is 31.4 Å². The molecule has 0 fully saturated rings. The van der Waals surface area contributed by atoms with Gasteiger partial charge >= 0.3 is 0 Å². The van der Waals surface area contributed by atoms with Crippen LogP contribution in [0.5, 0.6) is 11.5 Å². The van der Waals surface area contributed by atoms with E-state index in [4.69, 9.17) is 21.1 Å². The number of carbonyl (C=O) groups is 1. The minimum Gasteiger partial charge on any atom is -0.493 e. The maximum atomic E-state index is 12.6. The van der Waals surface area contributed by atoms with Gasteiger partial charge in [0.1, 0.15) is 23.9 Å². The van der Waals surface area contributed by atoms with Crippen LogP contribution in [0.25, 0.3) is 6.08 Å². The third kappa shape index (κ3) is 5.92. The molecular weight excluding hydrogens is 526 g/mol. The lowest BCUT2D eigenvalue weighted by molar-refractivity contribution is -0.383. The Morgan fingerprint density at radius 2 is 1.94 bits per heavy atom. The van der Waals surface area contributed by atoms with Crippen LogP contribution in [0.1, 0.15) is 11.1 Å². The van der Waals surface area contributed by atoms with Gasteiger partial charge in [0.2, 0.25) is 0 Å². The fourth-order valence-corrected chi connectivity index (χ4v) is 3.74. The summed E-state index contributed by atoms with van der Waals surface area (Å²) in [5.41, 5.74) is 0.721. The van der Waals surface area contributed by atoms with Gasteiger partial charge in [0.25, 0.3) is 11.6 Å². The van der Waals surface area contributed by atoms with E-state index in [0.29, 0.717) is 26.6 Å². The number of nitro benzene ring substituents is 1. The number of carbonyl (C=O) groups excluding carboxylic acids is 1. The first-order valence-corrected chi connectivity index (χ1v) is 10.9. The number of halogens is 2. The highest BCUT2D eigenvalue weighted by atomic mass is 79.9. The predicted molar refractivity (Wildman–Crippen MR) is 132 cm³/mol. The van der Waals surface area contributed by atoms with Crippen molar-refractivity contribution in [3.63, 3.8) is 0 Å². The fourth-order valence-electron chi connectivity index (χ4n) is 2.97. The molecule has 0 aliphatic heterocycles. The van der Waals surface area contributed by atoms with Crippen LogP contribution in [0.15, 0.2) is 70.7 Å². The molecule has 0 atom stereocenters. The summed E-state index contributed by atoms with van der Waals surface area (Å²) in [6.07, 6.45) is 1.34. The fraction of sp³-hybridized carbons (Fsp3) is 0.0833. The van der Waals surface area contributed by atoms with Crippen LogP contribution in [0.2, 0.25) is 5.02 Å². The number of benzene rings is 3. The molecule has 172 valence electrons. The molecule has 1 amide bonds. The summed E-state index contributed by atoms with van der Waals surface area (Å²) in [6, 6.07) is 18.0. The smallest absolute Gasteiger partial charge is 0.292 e. The van der Waals surface area contributed by atoms with Crippen molar-refractivity contribution in [2.24, 2.45) is 0 Å². The van der Waals surface area contributed by atoms with Gasteiger partial charge < -0.3 is 14.8 Å². The van der Waals surface area contributed by atoms with Crippen LogP contribution in [-0.4, -0.2) is 17.9 Å². The van der Waals surface area contributed by atoms with Crippen molar-refractivity contribution in [2.75, 3.05) is 12.4 Å². The molecule has 3 rings (SSSR count). The van der Waals surface area contributed by atoms with Crippen LogP contribution in [-0.2, 0) is 11.4 Å². The molecule has 3 aromatic carbocycles. The van der Waals surface area contributed by atoms with Crippen LogP contribution >= 0.6 is 27.5 Å². The van der Waals surface area contributed by atoms with Gasteiger partial charge in [0.15, 0.2) is 11.5 Å². The van der Waals surface area contributed by atoms with Gasteiger partial charge in [-0.25, -0.2) is 0 Å². The Morgan fingerprint density at radius 3 is 2.62 bits per heavy atom. The number of nitrogens with zero attached hydrogens (tertiary/aromatic N) is 2. The summed E-state index contributed by atoms with van der Waals surface area (Å²) in [5, 5.41) is 23.7. The maximum absolute atomic E-state index is 12.6.